The summed E-state index contributed by atoms with van der Waals surface area (Å²) in [6.07, 6.45) is 1.65. The Bertz CT molecular complexity index is 527. The van der Waals surface area contributed by atoms with Crippen molar-refractivity contribution < 1.29 is 4.74 Å². The van der Waals surface area contributed by atoms with Gasteiger partial charge in [-0.3, -0.25) is 0 Å². The first-order chi connectivity index (χ1) is 8.70. The SMILES string of the molecule is CNCc1cc(Cl)ccc1OCc1nncn1C. The summed E-state index contributed by atoms with van der Waals surface area (Å²) < 4.78 is 7.57. The second kappa shape index (κ2) is 5.84. The van der Waals surface area contributed by atoms with Crippen LogP contribution in [-0.2, 0) is 20.2 Å². The van der Waals surface area contributed by atoms with Crippen molar-refractivity contribution in [3.63, 3.8) is 0 Å². The summed E-state index contributed by atoms with van der Waals surface area (Å²) in [7, 11) is 3.77. The molecule has 0 spiro atoms. The largest absolute Gasteiger partial charge is 0.485 e. The molecule has 96 valence electrons. The number of rotatable bonds is 5. The normalized spacial score (nSPS) is 10.6. The van der Waals surface area contributed by atoms with E-state index in [-0.39, 0.29) is 0 Å². The molecular weight excluding hydrogens is 252 g/mol. The molecule has 0 saturated carbocycles. The van der Waals surface area contributed by atoms with Crippen molar-refractivity contribution in [2.24, 2.45) is 7.05 Å². The summed E-state index contributed by atoms with van der Waals surface area (Å²) in [5.41, 5.74) is 1.02. The van der Waals surface area contributed by atoms with Crippen LogP contribution in [0.2, 0.25) is 5.02 Å². The molecule has 5 nitrogen and oxygen atoms in total. The number of aromatic nitrogens is 3. The Kier molecular flexibility index (Phi) is 4.17. The van der Waals surface area contributed by atoms with Gasteiger partial charge >= 0.3 is 0 Å². The molecule has 6 heteroatoms. The zero-order valence-corrected chi connectivity index (χ0v) is 11.1. The third kappa shape index (κ3) is 3.00. The lowest BCUT2D eigenvalue weighted by molar-refractivity contribution is 0.288. The van der Waals surface area contributed by atoms with Crippen molar-refractivity contribution in [1.29, 1.82) is 0 Å². The molecule has 1 aromatic carbocycles. The predicted molar refractivity (Wildman–Crippen MR) is 69.6 cm³/mol. The van der Waals surface area contributed by atoms with E-state index >= 15 is 0 Å². The molecule has 1 heterocycles. The fourth-order valence-electron chi connectivity index (χ4n) is 1.60. The van der Waals surface area contributed by atoms with Crippen LogP contribution in [-0.4, -0.2) is 21.8 Å². The van der Waals surface area contributed by atoms with Crippen LogP contribution in [0.25, 0.3) is 0 Å². The van der Waals surface area contributed by atoms with Gasteiger partial charge in [0.1, 0.15) is 18.7 Å². The van der Waals surface area contributed by atoms with E-state index in [0.29, 0.717) is 18.2 Å². The Morgan fingerprint density at radius 1 is 1.44 bits per heavy atom. The molecule has 0 aliphatic carbocycles. The molecule has 0 saturated heterocycles. The van der Waals surface area contributed by atoms with Crippen LogP contribution in [0.15, 0.2) is 24.5 Å². The van der Waals surface area contributed by atoms with Crippen LogP contribution in [0, 0.1) is 0 Å². The third-order valence-electron chi connectivity index (χ3n) is 2.55. The van der Waals surface area contributed by atoms with Crippen molar-refractivity contribution in [3.05, 3.63) is 40.9 Å². The van der Waals surface area contributed by atoms with Gasteiger partial charge in [0.2, 0.25) is 0 Å². The quantitative estimate of drug-likeness (QED) is 0.896. The first-order valence-corrected chi connectivity index (χ1v) is 5.97. The molecule has 0 radical (unpaired) electrons. The van der Waals surface area contributed by atoms with Crippen LogP contribution in [0.4, 0.5) is 0 Å². The highest BCUT2D eigenvalue weighted by atomic mass is 35.5. The van der Waals surface area contributed by atoms with Crippen LogP contribution >= 0.6 is 11.6 Å². The standard InChI is InChI=1S/C12H15ClN4O/c1-14-6-9-5-10(13)3-4-11(9)18-7-12-16-15-8-17(12)2/h3-5,8,14H,6-7H2,1-2H3. The minimum Gasteiger partial charge on any atom is -0.485 e. The second-order valence-electron chi connectivity index (χ2n) is 3.93. The molecule has 0 fully saturated rings. The van der Waals surface area contributed by atoms with Gasteiger partial charge in [-0.05, 0) is 25.2 Å². The summed E-state index contributed by atoms with van der Waals surface area (Å²) in [4.78, 5) is 0. The number of ether oxygens (including phenoxy) is 1. The lowest BCUT2D eigenvalue weighted by atomic mass is 10.2. The molecule has 18 heavy (non-hydrogen) atoms. The van der Waals surface area contributed by atoms with Gasteiger partial charge in [0.05, 0.1) is 0 Å². The highest BCUT2D eigenvalue weighted by molar-refractivity contribution is 6.30. The lowest BCUT2D eigenvalue weighted by Gasteiger charge is -2.11. The monoisotopic (exact) mass is 266 g/mol. The maximum Gasteiger partial charge on any atom is 0.170 e. The molecular formula is C12H15ClN4O. The van der Waals surface area contributed by atoms with Crippen LogP contribution in [0.3, 0.4) is 0 Å². The topological polar surface area (TPSA) is 52.0 Å². The fourth-order valence-corrected chi connectivity index (χ4v) is 1.79. The summed E-state index contributed by atoms with van der Waals surface area (Å²) >= 11 is 5.97. The van der Waals surface area contributed by atoms with E-state index in [0.717, 1.165) is 17.1 Å². The zero-order chi connectivity index (χ0) is 13.0. The van der Waals surface area contributed by atoms with Gasteiger partial charge in [-0.2, -0.15) is 0 Å². The highest BCUT2D eigenvalue weighted by Crippen LogP contribution is 2.23. The molecule has 0 amide bonds. The van der Waals surface area contributed by atoms with Crippen LogP contribution < -0.4 is 10.1 Å². The average Bonchev–Trinajstić information content (AvgIpc) is 2.74. The van der Waals surface area contributed by atoms with Gasteiger partial charge in [-0.1, -0.05) is 11.6 Å². The maximum absolute atomic E-state index is 5.97. The van der Waals surface area contributed by atoms with Gasteiger partial charge in [-0.25, -0.2) is 0 Å². The summed E-state index contributed by atoms with van der Waals surface area (Å²) in [5.74, 6) is 1.58. The Morgan fingerprint density at radius 2 is 2.28 bits per heavy atom. The smallest absolute Gasteiger partial charge is 0.170 e. The lowest BCUT2D eigenvalue weighted by Crippen LogP contribution is -2.09. The summed E-state index contributed by atoms with van der Waals surface area (Å²) in [6.45, 7) is 1.09. The molecule has 0 unspecified atom stereocenters. The molecule has 0 bridgehead atoms. The van der Waals surface area contributed by atoms with Crippen molar-refractivity contribution in [2.75, 3.05) is 7.05 Å². The number of hydrogen-bond donors (Lipinski definition) is 1. The Hall–Kier alpha value is -1.59. The maximum atomic E-state index is 5.97. The number of nitrogens with one attached hydrogen (secondary N) is 1. The van der Waals surface area contributed by atoms with Gasteiger partial charge in [0.25, 0.3) is 0 Å². The fraction of sp³-hybridized carbons (Fsp3) is 0.333. The Morgan fingerprint density at radius 3 is 2.94 bits per heavy atom. The molecule has 2 rings (SSSR count). The molecule has 2 aromatic rings. The number of hydrogen-bond acceptors (Lipinski definition) is 4. The number of benzene rings is 1. The first kappa shape index (κ1) is 12.9. The minimum absolute atomic E-state index is 0.384. The molecule has 0 aliphatic rings. The first-order valence-electron chi connectivity index (χ1n) is 5.59. The van der Waals surface area contributed by atoms with Crippen LogP contribution in [0.1, 0.15) is 11.4 Å². The van der Waals surface area contributed by atoms with Crippen molar-refractivity contribution in [3.8, 4) is 5.75 Å². The molecule has 0 aliphatic heterocycles. The molecule has 1 N–H and O–H groups in total. The van der Waals surface area contributed by atoms with Gasteiger partial charge < -0.3 is 14.6 Å². The van der Waals surface area contributed by atoms with Gasteiger partial charge in [0.15, 0.2) is 5.82 Å². The van der Waals surface area contributed by atoms with Crippen molar-refractivity contribution in [2.45, 2.75) is 13.2 Å². The Balaban J connectivity index is 2.11. The van der Waals surface area contributed by atoms with Crippen LogP contribution in [0.5, 0.6) is 5.75 Å². The van der Waals surface area contributed by atoms with Gasteiger partial charge in [0, 0.05) is 24.2 Å². The number of halogens is 1. The highest BCUT2D eigenvalue weighted by Gasteiger charge is 2.06. The number of nitrogens with zero attached hydrogens (tertiary/aromatic N) is 3. The summed E-state index contributed by atoms with van der Waals surface area (Å²) in [6, 6.07) is 5.57. The van der Waals surface area contributed by atoms with Crippen molar-refractivity contribution >= 4 is 11.6 Å². The molecule has 1 aromatic heterocycles. The minimum atomic E-state index is 0.384. The Labute approximate surface area is 111 Å². The molecule has 0 atom stereocenters. The second-order valence-corrected chi connectivity index (χ2v) is 4.37. The average molecular weight is 267 g/mol. The van der Waals surface area contributed by atoms with E-state index in [1.165, 1.54) is 0 Å². The van der Waals surface area contributed by atoms with Gasteiger partial charge in [-0.15, -0.1) is 10.2 Å². The van der Waals surface area contributed by atoms with E-state index in [1.807, 2.05) is 36.9 Å². The third-order valence-corrected chi connectivity index (χ3v) is 2.79. The zero-order valence-electron chi connectivity index (χ0n) is 10.4. The van der Waals surface area contributed by atoms with E-state index < -0.39 is 0 Å². The van der Waals surface area contributed by atoms with E-state index in [4.69, 9.17) is 16.3 Å². The summed E-state index contributed by atoms with van der Waals surface area (Å²) in [5, 5.41) is 11.6. The van der Waals surface area contributed by atoms with Crippen molar-refractivity contribution in [1.82, 2.24) is 20.1 Å². The van der Waals surface area contributed by atoms with E-state index in [9.17, 15) is 0 Å². The number of aryl methyl sites for hydroxylation is 1. The van der Waals surface area contributed by atoms with E-state index in [2.05, 4.69) is 15.5 Å². The van der Waals surface area contributed by atoms with E-state index in [1.54, 1.807) is 6.33 Å². The predicted octanol–water partition coefficient (Wildman–Crippen LogP) is 1.77.